The number of ether oxygens (including phenoxy) is 3. The van der Waals surface area contributed by atoms with Crippen molar-refractivity contribution in [1.29, 1.82) is 0 Å². The standard InChI is InChI=1S/C26H34O3/c1-17(2)13-19-5-9-21(10-6-19)25(23-15-27-23)29-26(24-16-28-24)22-11-7-20(8-12-22)14-18(3)4/h5-12,17-18,23-26H,13-16H2,1-4H3. The van der Waals surface area contributed by atoms with Crippen molar-refractivity contribution in [1.82, 2.24) is 0 Å². The van der Waals surface area contributed by atoms with Crippen LogP contribution in [0.1, 0.15) is 62.2 Å². The zero-order valence-corrected chi connectivity index (χ0v) is 18.1. The molecule has 0 bridgehead atoms. The van der Waals surface area contributed by atoms with Crippen molar-refractivity contribution in [3.05, 3.63) is 70.8 Å². The number of epoxide rings is 2. The van der Waals surface area contributed by atoms with Crippen LogP contribution in [-0.4, -0.2) is 25.4 Å². The molecule has 4 rings (SSSR count). The first kappa shape index (κ1) is 20.6. The molecular formula is C26H34O3. The maximum absolute atomic E-state index is 6.66. The van der Waals surface area contributed by atoms with E-state index in [1.807, 2.05) is 0 Å². The van der Waals surface area contributed by atoms with Crippen LogP contribution in [0.2, 0.25) is 0 Å². The second kappa shape index (κ2) is 8.99. The molecular weight excluding hydrogens is 360 g/mol. The van der Waals surface area contributed by atoms with Crippen molar-refractivity contribution in [3.63, 3.8) is 0 Å². The molecule has 0 radical (unpaired) electrons. The summed E-state index contributed by atoms with van der Waals surface area (Å²) in [5, 5.41) is 0. The second-order valence-corrected chi connectivity index (χ2v) is 9.40. The van der Waals surface area contributed by atoms with Crippen LogP contribution in [0.25, 0.3) is 0 Å². The highest BCUT2D eigenvalue weighted by atomic mass is 16.6. The third-order valence-electron chi connectivity index (χ3n) is 5.59. The van der Waals surface area contributed by atoms with E-state index in [2.05, 4.69) is 76.2 Å². The van der Waals surface area contributed by atoms with Gasteiger partial charge in [-0.2, -0.15) is 0 Å². The maximum atomic E-state index is 6.66. The molecule has 2 aliphatic rings. The zero-order valence-electron chi connectivity index (χ0n) is 18.1. The molecule has 2 fully saturated rings. The third-order valence-corrected chi connectivity index (χ3v) is 5.59. The van der Waals surface area contributed by atoms with Crippen molar-refractivity contribution in [2.75, 3.05) is 13.2 Å². The molecule has 3 heteroatoms. The van der Waals surface area contributed by atoms with Gasteiger partial charge in [0.2, 0.25) is 0 Å². The second-order valence-electron chi connectivity index (χ2n) is 9.40. The van der Waals surface area contributed by atoms with Crippen LogP contribution in [0.3, 0.4) is 0 Å². The number of hydrogen-bond acceptors (Lipinski definition) is 3. The molecule has 0 aliphatic carbocycles. The Labute approximate surface area is 175 Å². The topological polar surface area (TPSA) is 34.3 Å². The molecule has 3 nitrogen and oxygen atoms in total. The van der Waals surface area contributed by atoms with Gasteiger partial charge in [0.25, 0.3) is 0 Å². The fourth-order valence-electron chi connectivity index (χ4n) is 4.01. The smallest absolute Gasteiger partial charge is 0.112 e. The number of benzene rings is 2. The summed E-state index contributed by atoms with van der Waals surface area (Å²) in [5.41, 5.74) is 5.15. The van der Waals surface area contributed by atoms with Gasteiger partial charge >= 0.3 is 0 Å². The molecule has 2 aliphatic heterocycles. The normalized spacial score (nSPS) is 22.7. The Morgan fingerprint density at radius 1 is 0.690 bits per heavy atom. The van der Waals surface area contributed by atoms with E-state index in [1.54, 1.807) is 0 Å². The third kappa shape index (κ3) is 5.69. The monoisotopic (exact) mass is 394 g/mol. The summed E-state index contributed by atoms with van der Waals surface area (Å²) < 4.78 is 18.0. The van der Waals surface area contributed by atoms with E-state index in [-0.39, 0.29) is 24.4 Å². The van der Waals surface area contributed by atoms with Crippen LogP contribution in [0.5, 0.6) is 0 Å². The predicted octanol–water partition coefficient (Wildman–Crippen LogP) is 5.68. The summed E-state index contributed by atoms with van der Waals surface area (Å²) in [6, 6.07) is 17.8. The van der Waals surface area contributed by atoms with Gasteiger partial charge in [0, 0.05) is 0 Å². The predicted molar refractivity (Wildman–Crippen MR) is 116 cm³/mol. The van der Waals surface area contributed by atoms with E-state index in [0.717, 1.165) is 26.1 Å². The lowest BCUT2D eigenvalue weighted by Gasteiger charge is -2.24. The molecule has 0 aromatic heterocycles. The van der Waals surface area contributed by atoms with E-state index < -0.39 is 0 Å². The van der Waals surface area contributed by atoms with Crippen LogP contribution in [-0.2, 0) is 27.1 Å². The van der Waals surface area contributed by atoms with Gasteiger partial charge in [0.05, 0.1) is 13.2 Å². The van der Waals surface area contributed by atoms with Gasteiger partial charge in [-0.1, -0.05) is 76.2 Å². The number of rotatable bonds is 10. The van der Waals surface area contributed by atoms with E-state index in [0.29, 0.717) is 11.8 Å². The average Bonchev–Trinajstić information content (AvgIpc) is 3.57. The zero-order chi connectivity index (χ0) is 20.4. The largest absolute Gasteiger partial charge is 0.370 e. The highest BCUT2D eigenvalue weighted by molar-refractivity contribution is 5.28. The van der Waals surface area contributed by atoms with Gasteiger partial charge < -0.3 is 14.2 Å². The Hall–Kier alpha value is -1.68. The Morgan fingerprint density at radius 3 is 1.31 bits per heavy atom. The minimum atomic E-state index is -0.0485. The minimum absolute atomic E-state index is 0.0485. The van der Waals surface area contributed by atoms with Crippen molar-refractivity contribution in [2.24, 2.45) is 11.8 Å². The maximum Gasteiger partial charge on any atom is 0.112 e. The van der Waals surface area contributed by atoms with Crippen molar-refractivity contribution >= 4 is 0 Å². The summed E-state index contributed by atoms with van der Waals surface area (Å²) >= 11 is 0. The van der Waals surface area contributed by atoms with Gasteiger partial charge in [0.1, 0.15) is 24.4 Å². The summed E-state index contributed by atoms with van der Waals surface area (Å²) in [6.45, 7) is 10.6. The van der Waals surface area contributed by atoms with E-state index in [9.17, 15) is 0 Å². The molecule has 2 aromatic rings. The van der Waals surface area contributed by atoms with Gasteiger partial charge in [0.15, 0.2) is 0 Å². The van der Waals surface area contributed by atoms with Gasteiger partial charge in [-0.05, 0) is 46.9 Å². The lowest BCUT2D eigenvalue weighted by molar-refractivity contribution is -0.0419. The molecule has 0 spiro atoms. The molecule has 156 valence electrons. The van der Waals surface area contributed by atoms with Crippen molar-refractivity contribution in [3.8, 4) is 0 Å². The highest BCUT2D eigenvalue weighted by Crippen LogP contribution is 2.40. The first-order valence-electron chi connectivity index (χ1n) is 11.1. The van der Waals surface area contributed by atoms with Crippen LogP contribution in [0.15, 0.2) is 48.5 Å². The molecule has 2 heterocycles. The minimum Gasteiger partial charge on any atom is -0.370 e. The molecule has 4 unspecified atom stereocenters. The fourth-order valence-corrected chi connectivity index (χ4v) is 4.01. The van der Waals surface area contributed by atoms with E-state index >= 15 is 0 Å². The van der Waals surface area contributed by atoms with Crippen LogP contribution in [0, 0.1) is 11.8 Å². The average molecular weight is 395 g/mol. The Balaban J connectivity index is 1.50. The van der Waals surface area contributed by atoms with Crippen LogP contribution >= 0.6 is 0 Å². The van der Waals surface area contributed by atoms with E-state index in [4.69, 9.17) is 14.2 Å². The quantitative estimate of drug-likeness (QED) is 0.486. The first-order valence-corrected chi connectivity index (χ1v) is 11.1. The molecule has 0 N–H and O–H groups in total. The summed E-state index contributed by atoms with van der Waals surface area (Å²) in [6.07, 6.45) is 2.40. The van der Waals surface area contributed by atoms with Crippen LogP contribution < -0.4 is 0 Å². The van der Waals surface area contributed by atoms with Gasteiger partial charge in [-0.15, -0.1) is 0 Å². The summed E-state index contributed by atoms with van der Waals surface area (Å²) in [4.78, 5) is 0. The van der Waals surface area contributed by atoms with Crippen molar-refractivity contribution in [2.45, 2.75) is 65.0 Å². The first-order chi connectivity index (χ1) is 14.0. The molecule has 0 saturated carbocycles. The lowest BCUT2D eigenvalue weighted by Crippen LogP contribution is -2.19. The Morgan fingerprint density at radius 2 is 1.03 bits per heavy atom. The van der Waals surface area contributed by atoms with Crippen LogP contribution in [0.4, 0.5) is 0 Å². The fraction of sp³-hybridized carbons (Fsp3) is 0.538. The molecule has 4 atom stereocenters. The van der Waals surface area contributed by atoms with Gasteiger partial charge in [-0.3, -0.25) is 0 Å². The summed E-state index contributed by atoms with van der Waals surface area (Å²) in [5.74, 6) is 1.32. The molecule has 2 aromatic carbocycles. The lowest BCUT2D eigenvalue weighted by atomic mass is 9.98. The Kier molecular flexibility index (Phi) is 6.38. The molecule has 2 saturated heterocycles. The van der Waals surface area contributed by atoms with Gasteiger partial charge in [-0.25, -0.2) is 0 Å². The molecule has 29 heavy (non-hydrogen) atoms. The van der Waals surface area contributed by atoms with E-state index in [1.165, 1.54) is 22.3 Å². The summed E-state index contributed by atoms with van der Waals surface area (Å²) in [7, 11) is 0. The Bertz CT molecular complexity index is 703. The highest BCUT2D eigenvalue weighted by Gasteiger charge is 2.42. The number of hydrogen-bond donors (Lipinski definition) is 0. The molecule has 0 amide bonds. The van der Waals surface area contributed by atoms with Crippen molar-refractivity contribution < 1.29 is 14.2 Å². The SMILES string of the molecule is CC(C)Cc1ccc(C(OC(c2ccc(CC(C)C)cc2)C2CO2)C2CO2)cc1.